The molecule has 0 aromatic heterocycles. The Labute approximate surface area is 252 Å². The van der Waals surface area contributed by atoms with Crippen LogP contribution in [0.15, 0.2) is 25.3 Å². The maximum absolute atomic E-state index is 14.9. The van der Waals surface area contributed by atoms with Crippen LogP contribution in [0.1, 0.15) is 93.9 Å². The van der Waals surface area contributed by atoms with E-state index in [4.69, 9.17) is 4.74 Å². The normalized spacial score (nSPS) is 30.0. The molecule has 3 saturated heterocycles. The Hall–Kier alpha value is -1.80. The van der Waals surface area contributed by atoms with Gasteiger partial charge in [0.2, 0.25) is 11.8 Å². The summed E-state index contributed by atoms with van der Waals surface area (Å²) < 4.78 is 4.55. The molecule has 3 aliphatic rings. The largest absolute Gasteiger partial charge is 0.465 e. The molecule has 0 aromatic rings. The van der Waals surface area contributed by atoms with Gasteiger partial charge in [-0.2, -0.15) is 0 Å². The lowest BCUT2D eigenvalue weighted by Crippen LogP contribution is -2.62. The predicted octanol–water partition coefficient (Wildman–Crippen LogP) is 5.61. The highest BCUT2D eigenvalue weighted by atomic mass is 32.2. The first kappa shape index (κ1) is 33.7. The van der Waals surface area contributed by atoms with Gasteiger partial charge in [-0.05, 0) is 70.6 Å². The monoisotopic (exact) mass is 590 g/mol. The van der Waals surface area contributed by atoms with E-state index < -0.39 is 39.0 Å². The Kier molecular flexibility index (Phi) is 10.2. The molecule has 1 N–H and O–H groups in total. The summed E-state index contributed by atoms with van der Waals surface area (Å²) in [6.45, 7) is 24.7. The van der Waals surface area contributed by atoms with Crippen LogP contribution >= 0.6 is 11.8 Å². The highest BCUT2D eigenvalue weighted by Crippen LogP contribution is 2.72. The van der Waals surface area contributed by atoms with Crippen molar-refractivity contribution in [2.24, 2.45) is 23.2 Å². The summed E-state index contributed by atoms with van der Waals surface area (Å²) in [5.41, 5.74) is -0.538. The molecule has 6 atom stereocenters. The van der Waals surface area contributed by atoms with E-state index in [2.05, 4.69) is 54.7 Å². The lowest BCUT2D eigenvalue weighted by Gasteiger charge is -2.47. The number of aliphatic hydroxyl groups excluding tert-OH is 1. The SMILES string of the molecule is C=CCCCCOC(=O)[C@@H]1[C@H]2C(=O)N([C@@H](CO)C(C)C)C(C(=O)N(CC=C)C(C)(C)CC(C)(C)C)C23CC[C@@]1(C)S3. The molecule has 2 unspecified atom stereocenters. The molecule has 0 aliphatic carbocycles. The zero-order chi connectivity index (χ0) is 31.0. The van der Waals surface area contributed by atoms with Gasteiger partial charge >= 0.3 is 5.97 Å². The Morgan fingerprint density at radius 1 is 1.17 bits per heavy atom. The lowest BCUT2D eigenvalue weighted by atomic mass is 9.66. The number of carbonyl (C=O) groups is 3. The van der Waals surface area contributed by atoms with Crippen LogP contribution in [0.3, 0.4) is 0 Å². The number of esters is 1. The molecule has 3 rings (SSSR count). The van der Waals surface area contributed by atoms with Gasteiger partial charge in [0.1, 0.15) is 6.04 Å². The minimum absolute atomic E-state index is 0.0324. The third kappa shape index (κ3) is 6.29. The van der Waals surface area contributed by atoms with Crippen molar-refractivity contribution >= 4 is 29.5 Å². The third-order valence-corrected chi connectivity index (χ3v) is 11.3. The van der Waals surface area contributed by atoms with Gasteiger partial charge in [0.25, 0.3) is 0 Å². The third-order valence-electron chi connectivity index (χ3n) is 9.33. The molecule has 2 amide bonds. The Morgan fingerprint density at radius 3 is 2.37 bits per heavy atom. The van der Waals surface area contributed by atoms with Gasteiger partial charge in [0.05, 0.1) is 35.8 Å². The highest BCUT2D eigenvalue weighted by molar-refractivity contribution is 8.02. The molecule has 3 aliphatic heterocycles. The van der Waals surface area contributed by atoms with Gasteiger partial charge < -0.3 is 19.6 Å². The molecule has 3 fully saturated rings. The first-order valence-electron chi connectivity index (χ1n) is 15.3. The Balaban J connectivity index is 2.08. The van der Waals surface area contributed by atoms with E-state index in [0.717, 1.165) is 32.1 Å². The summed E-state index contributed by atoms with van der Waals surface area (Å²) in [7, 11) is 0. The standard InChI is InChI=1S/C33H54N2O5S/c1-11-13-14-15-19-40-29(39)25-24-27(37)35(23(20-36)22(3)4)26(33(24)17-16-32(25,10)41-33)28(38)34(18-12-2)31(8,9)21-30(5,6)7/h11-12,22-26,36H,1-2,13-21H2,3-10H3/t23-,24-,25-,26?,32+,33?/m0/s1. The van der Waals surface area contributed by atoms with E-state index >= 15 is 0 Å². The van der Waals surface area contributed by atoms with Crippen LogP contribution in [0.25, 0.3) is 0 Å². The van der Waals surface area contributed by atoms with E-state index in [9.17, 15) is 19.5 Å². The van der Waals surface area contributed by atoms with Gasteiger partial charge in [0, 0.05) is 16.8 Å². The van der Waals surface area contributed by atoms with Gasteiger partial charge in [-0.25, -0.2) is 0 Å². The molecule has 0 radical (unpaired) electrons. The number of aliphatic hydroxyl groups is 1. The fourth-order valence-corrected chi connectivity index (χ4v) is 10.3. The van der Waals surface area contributed by atoms with Gasteiger partial charge in [-0.1, -0.05) is 46.8 Å². The van der Waals surface area contributed by atoms with E-state index in [1.165, 1.54) is 0 Å². The smallest absolute Gasteiger partial charge is 0.311 e. The van der Waals surface area contributed by atoms with Crippen LogP contribution in [0.4, 0.5) is 0 Å². The summed E-state index contributed by atoms with van der Waals surface area (Å²) in [6, 6.07) is -1.31. The van der Waals surface area contributed by atoms with Crippen LogP contribution in [-0.2, 0) is 19.1 Å². The van der Waals surface area contributed by atoms with Gasteiger partial charge in [-0.15, -0.1) is 24.9 Å². The van der Waals surface area contributed by atoms with Crippen molar-refractivity contribution in [3.8, 4) is 0 Å². The number of hydrogen-bond donors (Lipinski definition) is 1. The quantitative estimate of drug-likeness (QED) is 0.161. The summed E-state index contributed by atoms with van der Waals surface area (Å²) in [6.07, 6.45) is 8.25. The summed E-state index contributed by atoms with van der Waals surface area (Å²) >= 11 is 1.65. The van der Waals surface area contributed by atoms with Crippen LogP contribution in [-0.4, -0.2) is 79.6 Å². The average molecular weight is 591 g/mol. The second kappa shape index (κ2) is 12.4. The first-order chi connectivity index (χ1) is 19.0. The molecule has 0 aromatic carbocycles. The van der Waals surface area contributed by atoms with Crippen LogP contribution < -0.4 is 0 Å². The Bertz CT molecular complexity index is 1020. The van der Waals surface area contributed by atoms with E-state index in [0.29, 0.717) is 19.6 Å². The number of nitrogens with zero attached hydrogens (tertiary/aromatic N) is 2. The number of likely N-dealkylation sites (tertiary alicyclic amines) is 1. The minimum atomic E-state index is -0.782. The number of allylic oxidation sites excluding steroid dienone is 1. The summed E-state index contributed by atoms with van der Waals surface area (Å²) in [5, 5.41) is 10.5. The second-order valence-electron chi connectivity index (χ2n) is 14.7. The molecule has 2 bridgehead atoms. The van der Waals surface area contributed by atoms with Crippen molar-refractivity contribution in [3.63, 3.8) is 0 Å². The van der Waals surface area contributed by atoms with Crippen molar-refractivity contribution in [1.82, 2.24) is 9.80 Å². The number of fused-ring (bicyclic) bond motifs is 1. The van der Waals surface area contributed by atoms with Gasteiger partial charge in [0.15, 0.2) is 0 Å². The number of amides is 2. The first-order valence-corrected chi connectivity index (χ1v) is 16.2. The molecular formula is C33H54N2O5S. The molecule has 232 valence electrons. The van der Waals surface area contributed by atoms with Crippen LogP contribution in [0.2, 0.25) is 0 Å². The number of hydrogen-bond acceptors (Lipinski definition) is 6. The molecule has 8 heteroatoms. The number of ether oxygens (including phenoxy) is 1. The molecular weight excluding hydrogens is 536 g/mol. The molecule has 3 heterocycles. The van der Waals surface area contributed by atoms with Crippen molar-refractivity contribution in [2.45, 2.75) is 121 Å². The Morgan fingerprint density at radius 2 is 1.83 bits per heavy atom. The van der Waals surface area contributed by atoms with Crippen LogP contribution in [0, 0.1) is 23.2 Å². The maximum Gasteiger partial charge on any atom is 0.311 e. The number of thioether (sulfide) groups is 1. The zero-order valence-corrected chi connectivity index (χ0v) is 27.5. The molecule has 41 heavy (non-hydrogen) atoms. The fourth-order valence-electron chi connectivity index (χ4n) is 7.94. The topological polar surface area (TPSA) is 87.1 Å². The lowest BCUT2D eigenvalue weighted by molar-refractivity contribution is -0.156. The van der Waals surface area contributed by atoms with Crippen LogP contribution in [0.5, 0.6) is 0 Å². The second-order valence-corrected chi connectivity index (χ2v) is 16.6. The van der Waals surface area contributed by atoms with E-state index in [1.54, 1.807) is 22.7 Å². The summed E-state index contributed by atoms with van der Waals surface area (Å²) in [4.78, 5) is 46.7. The van der Waals surface area contributed by atoms with Crippen molar-refractivity contribution < 1.29 is 24.2 Å². The van der Waals surface area contributed by atoms with E-state index in [1.807, 2.05) is 24.8 Å². The predicted molar refractivity (Wildman–Crippen MR) is 166 cm³/mol. The summed E-state index contributed by atoms with van der Waals surface area (Å²) in [5.74, 6) is -2.02. The molecule has 0 saturated carbocycles. The van der Waals surface area contributed by atoms with E-state index in [-0.39, 0.29) is 35.7 Å². The fraction of sp³-hybridized carbons (Fsp3) is 0.788. The van der Waals surface area contributed by atoms with Crippen molar-refractivity contribution in [2.75, 3.05) is 19.8 Å². The number of carbonyl (C=O) groups excluding carboxylic acids is 3. The molecule has 7 nitrogen and oxygen atoms in total. The maximum atomic E-state index is 14.9. The average Bonchev–Trinajstić information content (AvgIpc) is 3.41. The van der Waals surface area contributed by atoms with Gasteiger partial charge in [-0.3, -0.25) is 14.4 Å². The minimum Gasteiger partial charge on any atom is -0.465 e. The molecule has 1 spiro atoms. The number of rotatable bonds is 14. The van der Waals surface area contributed by atoms with Crippen molar-refractivity contribution in [1.29, 1.82) is 0 Å². The van der Waals surface area contributed by atoms with Crippen molar-refractivity contribution in [3.05, 3.63) is 25.3 Å². The zero-order valence-electron chi connectivity index (χ0n) is 26.7. The number of unbranched alkanes of at least 4 members (excludes halogenated alkanes) is 2. The highest BCUT2D eigenvalue weighted by Gasteiger charge is 2.78.